The fourth-order valence-electron chi connectivity index (χ4n) is 9.51. The van der Waals surface area contributed by atoms with Crippen LogP contribution >= 0.6 is 0 Å². The Hall–Kier alpha value is -7.46. The first-order valence-electron chi connectivity index (χ1n) is 20.4. The van der Waals surface area contributed by atoms with Gasteiger partial charge in [0.05, 0.1) is 11.4 Å². The summed E-state index contributed by atoms with van der Waals surface area (Å²) < 4.78 is 0. The van der Waals surface area contributed by atoms with E-state index in [4.69, 9.17) is 0 Å². The molecule has 11 rings (SSSR count). The molecule has 0 aliphatic carbocycles. The molecule has 3 heteroatoms. The molecule has 0 spiro atoms. The lowest BCUT2D eigenvalue weighted by molar-refractivity contribution is 1.29. The molecule has 0 saturated carbocycles. The van der Waals surface area contributed by atoms with Gasteiger partial charge in [-0.25, -0.2) is 0 Å². The van der Waals surface area contributed by atoms with Crippen LogP contribution in [0.1, 0.15) is 0 Å². The zero-order valence-electron chi connectivity index (χ0n) is 32.5. The van der Waals surface area contributed by atoms with Crippen molar-refractivity contribution in [3.05, 3.63) is 243 Å². The summed E-state index contributed by atoms with van der Waals surface area (Å²) in [6, 6.07) is 89.4. The Morgan fingerprint density at radius 1 is 0.339 bits per heavy atom. The number of nitrogens with zero attached hydrogens (tertiary/aromatic N) is 2. The number of hydrogen-bond donors (Lipinski definition) is 0. The second kappa shape index (κ2) is 14.5. The fraction of sp³-hybridized carbons (Fsp3) is 0. The van der Waals surface area contributed by atoms with Crippen LogP contribution in [-0.4, -0.2) is 8.07 Å². The number of benzene rings is 10. The van der Waals surface area contributed by atoms with Gasteiger partial charge in [-0.2, -0.15) is 0 Å². The molecule has 10 aromatic rings. The number of rotatable bonds is 7. The van der Waals surface area contributed by atoms with Gasteiger partial charge in [0.15, 0.2) is 8.07 Å². The summed E-state index contributed by atoms with van der Waals surface area (Å²) in [5.74, 6) is 0. The van der Waals surface area contributed by atoms with E-state index in [0.717, 1.165) is 22.7 Å². The predicted molar refractivity (Wildman–Crippen MR) is 253 cm³/mol. The van der Waals surface area contributed by atoms with Gasteiger partial charge in [0.2, 0.25) is 0 Å². The van der Waals surface area contributed by atoms with Crippen molar-refractivity contribution in [2.45, 2.75) is 0 Å². The van der Waals surface area contributed by atoms with Crippen LogP contribution in [-0.2, 0) is 0 Å². The maximum Gasteiger partial charge on any atom is 0.184 e. The molecule has 0 radical (unpaired) electrons. The van der Waals surface area contributed by atoms with Crippen molar-refractivity contribution in [2.75, 3.05) is 9.80 Å². The number of para-hydroxylation sites is 2. The first-order valence-corrected chi connectivity index (χ1v) is 22.4. The van der Waals surface area contributed by atoms with Gasteiger partial charge >= 0.3 is 0 Å². The quantitative estimate of drug-likeness (QED) is 0.149. The minimum absolute atomic E-state index is 1.11. The molecule has 2 nitrogen and oxygen atoms in total. The average molecular weight is 769 g/mol. The number of anilines is 6. The molecule has 0 bridgehead atoms. The van der Waals surface area contributed by atoms with Gasteiger partial charge in [0, 0.05) is 33.5 Å². The smallest absolute Gasteiger partial charge is 0.184 e. The van der Waals surface area contributed by atoms with Crippen molar-refractivity contribution in [2.24, 2.45) is 0 Å². The van der Waals surface area contributed by atoms with Gasteiger partial charge < -0.3 is 9.80 Å². The van der Waals surface area contributed by atoms with Crippen molar-refractivity contribution in [1.29, 1.82) is 0 Å². The SMILES string of the molecule is c1ccc(N2c3ccccc3[Si](c3ccccc3)(c3ccccc3)c3ccc(-c4ccc(N(c5cccc6ccccc56)c5cccc6ccccc56)cc4)cc32)cc1. The van der Waals surface area contributed by atoms with E-state index in [0.29, 0.717) is 0 Å². The molecule has 10 aromatic carbocycles. The lowest BCUT2D eigenvalue weighted by Gasteiger charge is -2.45. The summed E-state index contributed by atoms with van der Waals surface area (Å²) in [4.78, 5) is 4.91. The number of hydrogen-bond acceptors (Lipinski definition) is 2. The second-order valence-electron chi connectivity index (χ2n) is 15.3. The molecule has 0 unspecified atom stereocenters. The zero-order valence-corrected chi connectivity index (χ0v) is 33.5. The molecule has 0 aromatic heterocycles. The van der Waals surface area contributed by atoms with Crippen molar-refractivity contribution in [3.63, 3.8) is 0 Å². The summed E-state index contributed by atoms with van der Waals surface area (Å²) in [7, 11) is -2.77. The first-order chi connectivity index (χ1) is 29.3. The van der Waals surface area contributed by atoms with Crippen molar-refractivity contribution in [1.82, 2.24) is 0 Å². The molecule has 278 valence electrons. The van der Waals surface area contributed by atoms with Gasteiger partial charge in [-0.15, -0.1) is 0 Å². The molecule has 1 heterocycles. The molecule has 0 N–H and O–H groups in total. The highest BCUT2D eigenvalue weighted by Gasteiger charge is 2.48. The summed E-state index contributed by atoms with van der Waals surface area (Å²) >= 11 is 0. The third-order valence-corrected chi connectivity index (χ3v) is 17.0. The number of fused-ring (bicyclic) bond motifs is 4. The fourth-order valence-corrected chi connectivity index (χ4v) is 14.6. The molecule has 1 aliphatic heterocycles. The van der Waals surface area contributed by atoms with Gasteiger partial charge in [0.1, 0.15) is 0 Å². The van der Waals surface area contributed by atoms with E-state index in [1.165, 1.54) is 64.8 Å². The molecule has 0 saturated heterocycles. The van der Waals surface area contributed by atoms with Crippen LogP contribution in [0.15, 0.2) is 243 Å². The van der Waals surface area contributed by atoms with Crippen molar-refractivity contribution in [3.8, 4) is 11.1 Å². The molecule has 0 fully saturated rings. The van der Waals surface area contributed by atoms with E-state index >= 15 is 0 Å². The third kappa shape index (κ3) is 5.70. The summed E-state index contributed by atoms with van der Waals surface area (Å²) in [6.07, 6.45) is 0. The topological polar surface area (TPSA) is 6.48 Å². The highest BCUT2D eigenvalue weighted by atomic mass is 28.3. The van der Waals surface area contributed by atoms with Gasteiger partial charge in [-0.1, -0.05) is 194 Å². The summed E-state index contributed by atoms with van der Waals surface area (Å²) in [6.45, 7) is 0. The van der Waals surface area contributed by atoms with E-state index < -0.39 is 8.07 Å². The molecule has 0 atom stereocenters. The van der Waals surface area contributed by atoms with Crippen LogP contribution in [0.5, 0.6) is 0 Å². The Morgan fingerprint density at radius 2 is 0.814 bits per heavy atom. The monoisotopic (exact) mass is 768 g/mol. The minimum atomic E-state index is -2.77. The van der Waals surface area contributed by atoms with E-state index in [2.05, 4.69) is 252 Å². The Labute approximate surface area is 346 Å². The van der Waals surface area contributed by atoms with Gasteiger partial charge in [-0.05, 0) is 91.2 Å². The molecular formula is C56H40N2Si. The van der Waals surface area contributed by atoms with E-state index in [1.54, 1.807) is 0 Å². The van der Waals surface area contributed by atoms with E-state index in [9.17, 15) is 0 Å². The van der Waals surface area contributed by atoms with Crippen LogP contribution in [0.4, 0.5) is 34.1 Å². The van der Waals surface area contributed by atoms with Crippen LogP contribution < -0.4 is 30.5 Å². The zero-order chi connectivity index (χ0) is 39.2. The van der Waals surface area contributed by atoms with Gasteiger partial charge in [0.25, 0.3) is 0 Å². The third-order valence-electron chi connectivity index (χ3n) is 12.1. The highest BCUT2D eigenvalue weighted by Crippen LogP contribution is 2.44. The maximum atomic E-state index is 2.49. The average Bonchev–Trinajstić information content (AvgIpc) is 3.32. The Morgan fingerprint density at radius 3 is 1.42 bits per heavy atom. The van der Waals surface area contributed by atoms with Crippen LogP contribution in [0.25, 0.3) is 32.7 Å². The molecule has 59 heavy (non-hydrogen) atoms. The first kappa shape index (κ1) is 34.8. The molecule has 0 amide bonds. The Kier molecular flexibility index (Phi) is 8.53. The van der Waals surface area contributed by atoms with E-state index in [1.807, 2.05) is 0 Å². The highest BCUT2D eigenvalue weighted by molar-refractivity contribution is 7.21. The lowest BCUT2D eigenvalue weighted by Crippen LogP contribution is -2.77. The van der Waals surface area contributed by atoms with Crippen LogP contribution in [0.3, 0.4) is 0 Å². The van der Waals surface area contributed by atoms with Crippen LogP contribution in [0, 0.1) is 0 Å². The second-order valence-corrected chi connectivity index (χ2v) is 19.0. The maximum absolute atomic E-state index is 2.77. The van der Waals surface area contributed by atoms with E-state index in [-0.39, 0.29) is 0 Å². The van der Waals surface area contributed by atoms with Crippen LogP contribution in [0.2, 0.25) is 0 Å². The minimum Gasteiger partial charge on any atom is -0.311 e. The van der Waals surface area contributed by atoms with Crippen molar-refractivity contribution >= 4 is 84.5 Å². The van der Waals surface area contributed by atoms with Crippen molar-refractivity contribution < 1.29 is 0 Å². The standard InChI is InChI=1S/C56H40N2Si/c1-4-22-45(23-5-1)58-53-30-14-15-33-55(53)59(47-24-6-2-7-25-47,48-26-8-3-9-27-48)56-39-36-44(40-54(56)58)41-34-37-46(38-35-41)57(51-31-16-20-42-18-10-12-28-49(42)51)52-32-17-21-43-19-11-13-29-50(43)52/h1-40H. The Bertz CT molecular complexity index is 2980. The normalized spacial score (nSPS) is 12.8. The lowest BCUT2D eigenvalue weighted by atomic mass is 10.0. The molecular weight excluding hydrogens is 729 g/mol. The Balaban J connectivity index is 1.11. The summed E-state index contributed by atoms with van der Waals surface area (Å²) in [5.41, 5.74) is 9.38. The molecule has 1 aliphatic rings. The predicted octanol–water partition coefficient (Wildman–Crippen LogP) is 12.3. The largest absolute Gasteiger partial charge is 0.311 e. The summed E-state index contributed by atoms with van der Waals surface area (Å²) in [5, 5.41) is 10.4. The van der Waals surface area contributed by atoms with Gasteiger partial charge in [-0.3, -0.25) is 0 Å².